The zero-order valence-electron chi connectivity index (χ0n) is 12.5. The molecule has 4 rings (SSSR count). The van der Waals surface area contributed by atoms with Crippen molar-refractivity contribution in [2.45, 2.75) is 31.2 Å². The minimum atomic E-state index is 0.0850. The van der Waals surface area contributed by atoms with Crippen molar-refractivity contribution in [3.8, 4) is 0 Å². The summed E-state index contributed by atoms with van der Waals surface area (Å²) >= 11 is 1.57. The van der Waals surface area contributed by atoms with Gasteiger partial charge in [0.1, 0.15) is 0 Å². The molecule has 1 aliphatic carbocycles. The maximum absolute atomic E-state index is 12.5. The molecule has 2 N–H and O–H groups in total. The lowest BCUT2D eigenvalue weighted by atomic mass is 9.94. The highest BCUT2D eigenvalue weighted by Gasteiger charge is 2.29. The summed E-state index contributed by atoms with van der Waals surface area (Å²) in [6, 6.07) is 10.9. The monoisotopic (exact) mass is 312 g/mol. The van der Waals surface area contributed by atoms with Gasteiger partial charge in [-0.05, 0) is 59.9 Å². The van der Waals surface area contributed by atoms with Crippen molar-refractivity contribution >= 4 is 17.2 Å². The van der Waals surface area contributed by atoms with E-state index in [0.29, 0.717) is 12.5 Å². The highest BCUT2D eigenvalue weighted by atomic mass is 32.1. The summed E-state index contributed by atoms with van der Waals surface area (Å²) in [6.45, 7) is 1.63. The van der Waals surface area contributed by atoms with Crippen molar-refractivity contribution in [1.82, 2.24) is 10.6 Å². The van der Waals surface area contributed by atoms with Crippen molar-refractivity contribution in [3.63, 3.8) is 0 Å². The molecule has 1 aliphatic heterocycles. The van der Waals surface area contributed by atoms with E-state index in [1.54, 1.807) is 11.3 Å². The molecule has 1 amide bonds. The molecule has 3 nitrogen and oxygen atoms in total. The Morgan fingerprint density at radius 3 is 2.95 bits per heavy atom. The van der Waals surface area contributed by atoms with Gasteiger partial charge in [-0.25, -0.2) is 0 Å². The number of benzene rings is 1. The van der Waals surface area contributed by atoms with Gasteiger partial charge in [-0.2, -0.15) is 0 Å². The van der Waals surface area contributed by atoms with Crippen molar-refractivity contribution in [1.29, 1.82) is 0 Å². The number of hydrogen-bond donors (Lipinski definition) is 2. The lowest BCUT2D eigenvalue weighted by Crippen LogP contribution is -2.38. The van der Waals surface area contributed by atoms with E-state index in [2.05, 4.69) is 41.0 Å². The largest absolute Gasteiger partial charge is 0.349 e. The van der Waals surface area contributed by atoms with Gasteiger partial charge in [0, 0.05) is 12.6 Å². The van der Waals surface area contributed by atoms with E-state index in [0.717, 1.165) is 17.8 Å². The Morgan fingerprint density at radius 2 is 2.09 bits per heavy atom. The molecule has 1 fully saturated rings. The van der Waals surface area contributed by atoms with Crippen LogP contribution in [0.25, 0.3) is 0 Å². The van der Waals surface area contributed by atoms with E-state index in [1.807, 2.05) is 5.38 Å². The van der Waals surface area contributed by atoms with Crippen LogP contribution in [-0.4, -0.2) is 19.0 Å². The van der Waals surface area contributed by atoms with E-state index < -0.39 is 0 Å². The molecule has 0 bridgehead atoms. The van der Waals surface area contributed by atoms with Crippen LogP contribution in [0.15, 0.2) is 35.7 Å². The molecule has 2 aromatic rings. The minimum Gasteiger partial charge on any atom is -0.349 e. The molecule has 22 heavy (non-hydrogen) atoms. The second kappa shape index (κ2) is 5.86. The van der Waals surface area contributed by atoms with E-state index >= 15 is 0 Å². The molecule has 114 valence electrons. The van der Waals surface area contributed by atoms with Gasteiger partial charge in [0.25, 0.3) is 5.91 Å². The zero-order valence-corrected chi connectivity index (χ0v) is 13.3. The lowest BCUT2D eigenvalue weighted by Gasteiger charge is -2.27. The smallest absolute Gasteiger partial charge is 0.261 e. The summed E-state index contributed by atoms with van der Waals surface area (Å²) in [4.78, 5) is 13.4. The number of fused-ring (bicyclic) bond motifs is 1. The average molecular weight is 312 g/mol. The molecular weight excluding hydrogens is 292 g/mol. The molecule has 1 unspecified atom stereocenters. The molecule has 2 heterocycles. The summed E-state index contributed by atoms with van der Waals surface area (Å²) in [7, 11) is 0. The first-order chi connectivity index (χ1) is 10.8. The van der Waals surface area contributed by atoms with Gasteiger partial charge < -0.3 is 10.6 Å². The van der Waals surface area contributed by atoms with Crippen LogP contribution < -0.4 is 10.6 Å². The molecule has 1 saturated carbocycles. The van der Waals surface area contributed by atoms with Gasteiger partial charge in [0.15, 0.2) is 0 Å². The number of amides is 1. The third kappa shape index (κ3) is 2.69. The van der Waals surface area contributed by atoms with E-state index in [1.165, 1.54) is 29.5 Å². The minimum absolute atomic E-state index is 0.0850. The van der Waals surface area contributed by atoms with Crippen LogP contribution in [0.4, 0.5) is 0 Å². The first-order valence-corrected chi connectivity index (χ1v) is 8.87. The fourth-order valence-corrected chi connectivity index (χ4v) is 4.17. The standard InChI is InChI=1S/C18H20N2OS/c21-18(17-15(8-10-22-17)13-5-6-13)20-11-16-14-4-2-1-3-12(14)7-9-19-16/h1-4,8,10,13,16,19H,5-7,9,11H2,(H,20,21). The fourth-order valence-electron chi connectivity index (χ4n) is 3.27. The third-order valence-corrected chi connectivity index (χ3v) is 5.53. The second-order valence-corrected chi connectivity index (χ2v) is 7.06. The van der Waals surface area contributed by atoms with Crippen molar-refractivity contribution < 1.29 is 4.79 Å². The Kier molecular flexibility index (Phi) is 3.72. The zero-order chi connectivity index (χ0) is 14.9. The number of nitrogens with one attached hydrogen (secondary N) is 2. The molecule has 1 aromatic carbocycles. The average Bonchev–Trinajstić information content (AvgIpc) is 3.29. The fraction of sp³-hybridized carbons (Fsp3) is 0.389. The third-order valence-electron chi connectivity index (χ3n) is 4.60. The van der Waals surface area contributed by atoms with Crippen molar-refractivity contribution in [2.75, 3.05) is 13.1 Å². The van der Waals surface area contributed by atoms with Crippen LogP contribution in [0.5, 0.6) is 0 Å². The molecule has 0 spiro atoms. The topological polar surface area (TPSA) is 41.1 Å². The predicted octanol–water partition coefficient (Wildman–Crippen LogP) is 3.24. The van der Waals surface area contributed by atoms with E-state index in [4.69, 9.17) is 0 Å². The quantitative estimate of drug-likeness (QED) is 0.910. The maximum atomic E-state index is 12.5. The Bertz CT molecular complexity index is 690. The van der Waals surface area contributed by atoms with Gasteiger partial charge >= 0.3 is 0 Å². The van der Waals surface area contributed by atoms with Crippen LogP contribution in [0.3, 0.4) is 0 Å². The van der Waals surface area contributed by atoms with Gasteiger partial charge in [-0.1, -0.05) is 24.3 Å². The molecule has 4 heteroatoms. The highest BCUT2D eigenvalue weighted by molar-refractivity contribution is 7.12. The maximum Gasteiger partial charge on any atom is 0.261 e. The van der Waals surface area contributed by atoms with E-state index in [-0.39, 0.29) is 11.9 Å². The summed E-state index contributed by atoms with van der Waals surface area (Å²) in [5.74, 6) is 0.710. The van der Waals surface area contributed by atoms with Crippen LogP contribution in [-0.2, 0) is 6.42 Å². The first-order valence-electron chi connectivity index (χ1n) is 7.99. The van der Waals surface area contributed by atoms with Gasteiger partial charge in [0.05, 0.1) is 4.88 Å². The molecular formula is C18H20N2OS. The summed E-state index contributed by atoms with van der Waals surface area (Å²) in [5.41, 5.74) is 3.97. The van der Waals surface area contributed by atoms with Crippen molar-refractivity contribution in [2.24, 2.45) is 0 Å². The highest BCUT2D eigenvalue weighted by Crippen LogP contribution is 2.43. The lowest BCUT2D eigenvalue weighted by molar-refractivity contribution is 0.0952. The number of rotatable bonds is 4. The number of hydrogen-bond acceptors (Lipinski definition) is 3. The van der Waals surface area contributed by atoms with Crippen LogP contribution in [0.2, 0.25) is 0 Å². The van der Waals surface area contributed by atoms with Crippen LogP contribution >= 0.6 is 11.3 Å². The van der Waals surface area contributed by atoms with Gasteiger partial charge in [-0.3, -0.25) is 4.79 Å². The van der Waals surface area contributed by atoms with Gasteiger partial charge in [0.2, 0.25) is 0 Å². The summed E-state index contributed by atoms with van der Waals surface area (Å²) in [6.07, 6.45) is 3.53. The van der Waals surface area contributed by atoms with Crippen LogP contribution in [0, 0.1) is 0 Å². The SMILES string of the molecule is O=C(NCC1NCCc2ccccc21)c1sccc1C1CC1. The normalized spacial score (nSPS) is 20.5. The predicted molar refractivity (Wildman–Crippen MR) is 89.5 cm³/mol. The number of carbonyl (C=O) groups is 1. The molecule has 0 radical (unpaired) electrons. The Hall–Kier alpha value is -1.65. The van der Waals surface area contributed by atoms with E-state index in [9.17, 15) is 4.79 Å². The second-order valence-electron chi connectivity index (χ2n) is 6.14. The van der Waals surface area contributed by atoms with Crippen LogP contribution in [0.1, 0.15) is 51.2 Å². The molecule has 1 atom stereocenters. The molecule has 1 aromatic heterocycles. The number of thiophene rings is 1. The van der Waals surface area contributed by atoms with Gasteiger partial charge in [-0.15, -0.1) is 11.3 Å². The Balaban J connectivity index is 1.45. The summed E-state index contributed by atoms with van der Waals surface area (Å²) in [5, 5.41) is 8.68. The Morgan fingerprint density at radius 1 is 1.23 bits per heavy atom. The molecule has 0 saturated heterocycles. The van der Waals surface area contributed by atoms with Crippen molar-refractivity contribution in [3.05, 3.63) is 57.3 Å². The summed E-state index contributed by atoms with van der Waals surface area (Å²) < 4.78 is 0. The molecule has 2 aliphatic rings. The first kappa shape index (κ1) is 14.0. The number of carbonyl (C=O) groups excluding carboxylic acids is 1. The Labute approximate surface area is 134 Å².